The molecule has 0 spiro atoms. The molecule has 5 aromatic rings. The number of hydrogen-bond donors (Lipinski definition) is 1. The molecule has 1 N–H and O–H groups in total. The van der Waals surface area contributed by atoms with Crippen LogP contribution >= 0.6 is 0 Å². The summed E-state index contributed by atoms with van der Waals surface area (Å²) in [6.07, 6.45) is 5.41. The van der Waals surface area contributed by atoms with Crippen molar-refractivity contribution in [1.29, 1.82) is 0 Å². The lowest BCUT2D eigenvalue weighted by Crippen LogP contribution is -2.44. The highest BCUT2D eigenvalue weighted by atomic mass is 16.5. The summed E-state index contributed by atoms with van der Waals surface area (Å²) >= 11 is 0. The molecular formula is C40H46N6O4. The molecule has 1 unspecified atom stereocenters. The van der Waals surface area contributed by atoms with Gasteiger partial charge in [-0.3, -0.25) is 9.78 Å². The number of fused-ring (bicyclic) bond motifs is 1. The summed E-state index contributed by atoms with van der Waals surface area (Å²) in [6, 6.07) is 28.8. The van der Waals surface area contributed by atoms with Crippen molar-refractivity contribution in [1.82, 2.24) is 24.3 Å². The molecule has 1 atom stereocenters. The molecule has 3 aromatic carbocycles. The average molecular weight is 675 g/mol. The van der Waals surface area contributed by atoms with E-state index in [0.717, 1.165) is 79.1 Å². The normalized spacial score (nSPS) is 18.5. The summed E-state index contributed by atoms with van der Waals surface area (Å²) < 4.78 is 18.9. The van der Waals surface area contributed by atoms with Gasteiger partial charge >= 0.3 is 0 Å². The predicted octanol–water partition coefficient (Wildman–Crippen LogP) is 6.14. The van der Waals surface area contributed by atoms with Crippen LogP contribution < -0.4 is 19.5 Å². The number of pyridine rings is 1. The molecule has 7 rings (SSSR count). The van der Waals surface area contributed by atoms with Crippen LogP contribution in [-0.2, 0) is 23.3 Å². The highest BCUT2D eigenvalue weighted by Crippen LogP contribution is 2.42. The third-order valence-corrected chi connectivity index (χ3v) is 10.4. The molecule has 0 aliphatic carbocycles. The fraction of sp³-hybridized carbons (Fsp3) is 0.375. The summed E-state index contributed by atoms with van der Waals surface area (Å²) in [5.41, 5.74) is 4.57. The lowest BCUT2D eigenvalue weighted by molar-refractivity contribution is -0.133. The molecule has 260 valence electrons. The zero-order valence-corrected chi connectivity index (χ0v) is 29.2. The number of piperidine rings is 1. The summed E-state index contributed by atoms with van der Waals surface area (Å²) in [6.45, 7) is 4.62. The second-order valence-electron chi connectivity index (χ2n) is 13.3. The van der Waals surface area contributed by atoms with Crippen molar-refractivity contribution in [2.24, 2.45) is 0 Å². The third-order valence-electron chi connectivity index (χ3n) is 10.4. The van der Waals surface area contributed by atoms with Gasteiger partial charge in [0.25, 0.3) is 0 Å². The first-order valence-corrected chi connectivity index (χ1v) is 17.5. The summed E-state index contributed by atoms with van der Waals surface area (Å²) in [5.74, 6) is 2.80. The van der Waals surface area contributed by atoms with Crippen molar-refractivity contribution in [3.63, 3.8) is 0 Å². The van der Waals surface area contributed by atoms with Gasteiger partial charge in [0.15, 0.2) is 11.5 Å². The van der Waals surface area contributed by atoms with Gasteiger partial charge in [-0.1, -0.05) is 48.5 Å². The Kier molecular flexibility index (Phi) is 9.89. The van der Waals surface area contributed by atoms with Crippen molar-refractivity contribution in [3.05, 3.63) is 108 Å². The number of anilines is 1. The Morgan fingerprint density at radius 2 is 1.56 bits per heavy atom. The van der Waals surface area contributed by atoms with Crippen LogP contribution in [0.1, 0.15) is 42.5 Å². The molecule has 4 heterocycles. The largest absolute Gasteiger partial charge is 0.493 e. The number of carbonyl (C=O) groups is 1. The van der Waals surface area contributed by atoms with Crippen molar-refractivity contribution in [3.8, 4) is 17.2 Å². The first kappa shape index (κ1) is 33.4. The smallest absolute Gasteiger partial charge is 0.233 e. The monoisotopic (exact) mass is 674 g/mol. The molecular weight excluding hydrogens is 628 g/mol. The molecule has 2 aromatic heterocycles. The fourth-order valence-corrected chi connectivity index (χ4v) is 7.67. The van der Waals surface area contributed by atoms with E-state index < -0.39 is 5.41 Å². The van der Waals surface area contributed by atoms with Crippen LogP contribution in [0.25, 0.3) is 11.0 Å². The van der Waals surface area contributed by atoms with Gasteiger partial charge in [0.2, 0.25) is 17.6 Å². The van der Waals surface area contributed by atoms with E-state index in [1.807, 2.05) is 59.6 Å². The van der Waals surface area contributed by atoms with Crippen LogP contribution in [0.15, 0.2) is 91.1 Å². The number of amides is 1. The Morgan fingerprint density at radius 3 is 2.26 bits per heavy atom. The minimum absolute atomic E-state index is 0.181. The number of likely N-dealkylation sites (tertiary alicyclic amines) is 2. The zero-order valence-electron chi connectivity index (χ0n) is 29.2. The van der Waals surface area contributed by atoms with Gasteiger partial charge in [-0.2, -0.15) is 0 Å². The Hall–Kier alpha value is -5.09. The Bertz CT molecular complexity index is 1880. The Morgan fingerprint density at radius 1 is 0.840 bits per heavy atom. The molecule has 10 nitrogen and oxygen atoms in total. The minimum Gasteiger partial charge on any atom is -0.493 e. The molecule has 0 bridgehead atoms. The van der Waals surface area contributed by atoms with Gasteiger partial charge in [0.1, 0.15) is 0 Å². The zero-order chi connectivity index (χ0) is 34.5. The number of carbonyl (C=O) groups excluding carboxylic acids is 1. The van der Waals surface area contributed by atoms with Crippen LogP contribution in [0, 0.1) is 0 Å². The SMILES string of the molecule is COc1cc(CN2CCC(CCN3CCC(Nc4nc5ccccc5n4Cc4ccccn4)CC3)(c3ccccc3)C2=O)cc(OC)c1OC. The summed E-state index contributed by atoms with van der Waals surface area (Å²) in [5, 5.41) is 3.78. The van der Waals surface area contributed by atoms with Gasteiger partial charge < -0.3 is 33.9 Å². The molecule has 0 radical (unpaired) electrons. The van der Waals surface area contributed by atoms with Crippen LogP contribution in [0.2, 0.25) is 0 Å². The number of imidazole rings is 1. The number of methoxy groups -OCH3 is 3. The second kappa shape index (κ2) is 14.8. The van der Waals surface area contributed by atoms with Crippen LogP contribution in [-0.4, -0.2) is 83.8 Å². The Labute approximate surface area is 294 Å². The number of aromatic nitrogens is 3. The van der Waals surface area contributed by atoms with Gasteiger partial charge in [-0.15, -0.1) is 0 Å². The minimum atomic E-state index is -0.562. The quantitative estimate of drug-likeness (QED) is 0.159. The maximum atomic E-state index is 14.4. The summed E-state index contributed by atoms with van der Waals surface area (Å²) in [7, 11) is 4.82. The van der Waals surface area contributed by atoms with E-state index in [4.69, 9.17) is 19.2 Å². The first-order valence-electron chi connectivity index (χ1n) is 17.5. The standard InChI is InChI=1S/C40H46N6O4/c1-48-35-25-29(26-36(49-2)37(35)50-3)27-45-24-19-40(38(45)47,30-11-5-4-6-12-30)18-23-44-21-16-31(17-22-44)42-39-43-33-14-7-8-15-34(33)46(39)28-32-13-9-10-20-41-32/h4-15,20,25-26,31H,16-19,21-24,27-28H2,1-3H3,(H,42,43). The number of para-hydroxylation sites is 2. The molecule has 2 aliphatic heterocycles. The molecule has 0 saturated carbocycles. The number of nitrogens with one attached hydrogen (secondary N) is 1. The molecule has 2 fully saturated rings. The lowest BCUT2D eigenvalue weighted by atomic mass is 9.76. The maximum Gasteiger partial charge on any atom is 0.233 e. The van der Waals surface area contributed by atoms with Crippen molar-refractivity contribution < 1.29 is 19.0 Å². The van der Waals surface area contributed by atoms with Crippen LogP contribution in [0.5, 0.6) is 17.2 Å². The van der Waals surface area contributed by atoms with E-state index in [-0.39, 0.29) is 5.91 Å². The van der Waals surface area contributed by atoms with Crippen molar-refractivity contribution in [2.45, 2.75) is 50.2 Å². The van der Waals surface area contributed by atoms with E-state index in [0.29, 0.717) is 42.9 Å². The number of hydrogen-bond acceptors (Lipinski definition) is 8. The maximum absolute atomic E-state index is 14.4. The Balaban J connectivity index is 1.02. The van der Waals surface area contributed by atoms with E-state index in [2.05, 4.69) is 56.2 Å². The number of ether oxygens (including phenoxy) is 3. The van der Waals surface area contributed by atoms with E-state index in [1.54, 1.807) is 21.3 Å². The van der Waals surface area contributed by atoms with Crippen molar-refractivity contribution >= 4 is 22.9 Å². The van der Waals surface area contributed by atoms with Gasteiger partial charge in [-0.05, 0) is 79.8 Å². The molecule has 2 aliphatic rings. The molecule has 50 heavy (non-hydrogen) atoms. The van der Waals surface area contributed by atoms with E-state index >= 15 is 0 Å². The molecule has 2 saturated heterocycles. The lowest BCUT2D eigenvalue weighted by Gasteiger charge is -2.36. The van der Waals surface area contributed by atoms with Gasteiger partial charge in [-0.25, -0.2) is 4.98 Å². The van der Waals surface area contributed by atoms with Gasteiger partial charge in [0, 0.05) is 38.4 Å². The topological polar surface area (TPSA) is 94.0 Å². The number of nitrogens with zero attached hydrogens (tertiary/aromatic N) is 5. The first-order chi connectivity index (χ1) is 24.5. The highest BCUT2D eigenvalue weighted by molar-refractivity contribution is 5.90. The third kappa shape index (κ3) is 6.72. The number of rotatable bonds is 13. The van der Waals surface area contributed by atoms with Crippen LogP contribution in [0.4, 0.5) is 5.95 Å². The summed E-state index contributed by atoms with van der Waals surface area (Å²) in [4.78, 5) is 28.5. The predicted molar refractivity (Wildman–Crippen MR) is 195 cm³/mol. The van der Waals surface area contributed by atoms with Crippen LogP contribution in [0.3, 0.4) is 0 Å². The van der Waals surface area contributed by atoms with E-state index in [1.165, 1.54) is 0 Å². The fourth-order valence-electron chi connectivity index (χ4n) is 7.67. The van der Waals surface area contributed by atoms with E-state index in [9.17, 15) is 4.79 Å². The van der Waals surface area contributed by atoms with Gasteiger partial charge in [0.05, 0.1) is 50.0 Å². The highest BCUT2D eigenvalue weighted by Gasteiger charge is 2.47. The number of benzene rings is 3. The molecule has 10 heteroatoms. The van der Waals surface area contributed by atoms with Crippen molar-refractivity contribution in [2.75, 3.05) is 52.8 Å². The second-order valence-corrected chi connectivity index (χ2v) is 13.3. The molecule has 1 amide bonds. The average Bonchev–Trinajstić information content (AvgIpc) is 3.67.